The molecule has 0 saturated carbocycles. The Kier molecular flexibility index (Phi) is 7.71. The van der Waals surface area contributed by atoms with Gasteiger partial charge in [-0.25, -0.2) is 4.79 Å². The van der Waals surface area contributed by atoms with E-state index in [9.17, 15) is 14.4 Å². The highest BCUT2D eigenvalue weighted by Gasteiger charge is 2.25. The van der Waals surface area contributed by atoms with Gasteiger partial charge in [0.05, 0.1) is 6.42 Å². The number of unbranched alkanes of at least 4 members (excludes halogenated alkanes) is 1. The summed E-state index contributed by atoms with van der Waals surface area (Å²) in [6.45, 7) is 4.48. The summed E-state index contributed by atoms with van der Waals surface area (Å²) in [5, 5.41) is 0.739. The van der Waals surface area contributed by atoms with Crippen molar-refractivity contribution in [2.45, 2.75) is 46.1 Å². The first-order valence-corrected chi connectivity index (χ1v) is 9.93. The number of carbonyl (C=O) groups is 1. The van der Waals surface area contributed by atoms with E-state index in [1.165, 1.54) is 9.47 Å². The molecule has 1 aromatic carbocycles. The molecule has 0 atom stereocenters. The average molecular weight is 427 g/mol. The van der Waals surface area contributed by atoms with Crippen LogP contribution in [0.2, 0.25) is 10.0 Å². The van der Waals surface area contributed by atoms with Gasteiger partial charge in [-0.15, -0.1) is 0 Å². The number of halogens is 2. The van der Waals surface area contributed by atoms with Crippen molar-refractivity contribution in [2.24, 2.45) is 0 Å². The van der Waals surface area contributed by atoms with Crippen LogP contribution in [-0.2, 0) is 17.8 Å². The fraction of sp³-hybridized carbons (Fsp3) is 0.421. The lowest BCUT2D eigenvalue weighted by molar-refractivity contribution is -0.118. The molecule has 28 heavy (non-hydrogen) atoms. The highest BCUT2D eigenvalue weighted by Crippen LogP contribution is 2.26. The molecule has 0 spiro atoms. The van der Waals surface area contributed by atoms with Crippen molar-refractivity contribution in [2.75, 3.05) is 17.2 Å². The third kappa shape index (κ3) is 4.77. The van der Waals surface area contributed by atoms with Gasteiger partial charge in [-0.05, 0) is 30.5 Å². The van der Waals surface area contributed by atoms with E-state index in [4.69, 9.17) is 28.9 Å². The van der Waals surface area contributed by atoms with Crippen LogP contribution in [0.25, 0.3) is 0 Å². The van der Waals surface area contributed by atoms with Gasteiger partial charge < -0.3 is 10.6 Å². The number of carbonyl (C=O) groups excluding carboxylic acids is 1. The standard InChI is InChI=1S/C19H24Cl2N4O3/c1-3-5-10-24(15(26)11-12-13(20)7-6-8-14(12)21)16-17(22)25(9-4-2)19(28)23-18(16)27/h6-8H,3-5,9-11,22H2,1-2H3,(H,23,27,28). The molecule has 0 saturated heterocycles. The summed E-state index contributed by atoms with van der Waals surface area (Å²) in [4.78, 5) is 41.3. The van der Waals surface area contributed by atoms with Crippen LogP contribution in [0.1, 0.15) is 38.7 Å². The van der Waals surface area contributed by atoms with Gasteiger partial charge in [-0.2, -0.15) is 0 Å². The molecular weight excluding hydrogens is 403 g/mol. The Morgan fingerprint density at radius 2 is 1.82 bits per heavy atom. The van der Waals surface area contributed by atoms with Crippen molar-refractivity contribution in [3.63, 3.8) is 0 Å². The SMILES string of the molecule is CCCCN(C(=O)Cc1c(Cl)cccc1Cl)c1c(N)n(CCC)c(=O)[nH]c1=O. The van der Waals surface area contributed by atoms with Gasteiger partial charge in [0.1, 0.15) is 5.82 Å². The van der Waals surface area contributed by atoms with Crippen molar-refractivity contribution in [3.05, 3.63) is 54.6 Å². The first kappa shape index (κ1) is 22.0. The Hall–Kier alpha value is -2.25. The number of H-pyrrole nitrogens is 1. The fourth-order valence-electron chi connectivity index (χ4n) is 2.91. The molecule has 2 rings (SSSR count). The lowest BCUT2D eigenvalue weighted by atomic mass is 10.1. The topological polar surface area (TPSA) is 101 Å². The van der Waals surface area contributed by atoms with Crippen LogP contribution in [0.3, 0.4) is 0 Å². The minimum Gasteiger partial charge on any atom is -0.383 e. The Balaban J connectivity index is 2.52. The molecule has 0 aliphatic rings. The maximum absolute atomic E-state index is 13.1. The zero-order chi connectivity index (χ0) is 20.8. The van der Waals surface area contributed by atoms with E-state index in [2.05, 4.69) is 4.98 Å². The van der Waals surface area contributed by atoms with Crippen LogP contribution in [-0.4, -0.2) is 22.0 Å². The Morgan fingerprint density at radius 1 is 1.18 bits per heavy atom. The van der Waals surface area contributed by atoms with Crippen LogP contribution < -0.4 is 21.9 Å². The summed E-state index contributed by atoms with van der Waals surface area (Å²) < 4.78 is 1.27. The van der Waals surface area contributed by atoms with Crippen LogP contribution in [0.15, 0.2) is 27.8 Å². The van der Waals surface area contributed by atoms with E-state index in [0.717, 1.165) is 6.42 Å². The quantitative estimate of drug-likeness (QED) is 0.676. The normalized spacial score (nSPS) is 10.9. The molecule has 1 aromatic heterocycles. The molecule has 0 bridgehead atoms. The van der Waals surface area contributed by atoms with Gasteiger partial charge in [-0.1, -0.05) is 49.5 Å². The van der Waals surface area contributed by atoms with Gasteiger partial charge in [-0.3, -0.25) is 19.1 Å². The number of nitrogens with zero attached hydrogens (tertiary/aromatic N) is 2. The number of aromatic nitrogens is 2. The van der Waals surface area contributed by atoms with Gasteiger partial charge in [0, 0.05) is 23.1 Å². The first-order valence-electron chi connectivity index (χ1n) is 9.17. The van der Waals surface area contributed by atoms with Gasteiger partial charge in [0.2, 0.25) is 5.91 Å². The second-order valence-electron chi connectivity index (χ2n) is 6.42. The zero-order valence-electron chi connectivity index (χ0n) is 15.9. The maximum atomic E-state index is 13.1. The third-order valence-corrected chi connectivity index (χ3v) is 5.07. The predicted octanol–water partition coefficient (Wildman–Crippen LogP) is 3.21. The molecule has 0 fully saturated rings. The average Bonchev–Trinajstić information content (AvgIpc) is 2.64. The van der Waals surface area contributed by atoms with E-state index in [1.54, 1.807) is 18.2 Å². The van der Waals surface area contributed by atoms with E-state index >= 15 is 0 Å². The monoisotopic (exact) mass is 426 g/mol. The third-order valence-electron chi connectivity index (χ3n) is 4.36. The number of nitrogens with one attached hydrogen (secondary N) is 1. The molecule has 1 heterocycles. The molecule has 0 unspecified atom stereocenters. The minimum atomic E-state index is -0.690. The van der Waals surface area contributed by atoms with Gasteiger partial charge >= 0.3 is 5.69 Å². The first-order chi connectivity index (χ1) is 13.3. The molecule has 7 nitrogen and oxygen atoms in total. The Morgan fingerprint density at radius 3 is 2.39 bits per heavy atom. The molecule has 152 valence electrons. The molecule has 0 radical (unpaired) electrons. The van der Waals surface area contributed by atoms with E-state index in [0.29, 0.717) is 35.0 Å². The van der Waals surface area contributed by atoms with Crippen LogP contribution in [0.4, 0.5) is 11.5 Å². The predicted molar refractivity (Wildman–Crippen MR) is 113 cm³/mol. The summed E-state index contributed by atoms with van der Waals surface area (Å²) in [6, 6.07) is 4.99. The molecular formula is C19H24Cl2N4O3. The van der Waals surface area contributed by atoms with E-state index in [-0.39, 0.29) is 30.4 Å². The number of hydrogen-bond donors (Lipinski definition) is 2. The fourth-order valence-corrected chi connectivity index (χ4v) is 3.44. The van der Waals surface area contributed by atoms with E-state index in [1.807, 2.05) is 13.8 Å². The number of nitrogens with two attached hydrogens (primary N) is 1. The van der Waals surface area contributed by atoms with E-state index < -0.39 is 11.2 Å². The molecule has 2 aromatic rings. The summed E-state index contributed by atoms with van der Waals surface area (Å²) in [5.41, 5.74) is 5.31. The van der Waals surface area contributed by atoms with Crippen molar-refractivity contribution < 1.29 is 4.79 Å². The number of amides is 1. The number of hydrogen-bond acceptors (Lipinski definition) is 4. The van der Waals surface area contributed by atoms with Crippen LogP contribution in [0, 0.1) is 0 Å². The maximum Gasteiger partial charge on any atom is 0.330 e. The zero-order valence-corrected chi connectivity index (χ0v) is 17.4. The second kappa shape index (κ2) is 9.80. The largest absolute Gasteiger partial charge is 0.383 e. The van der Waals surface area contributed by atoms with Crippen molar-refractivity contribution in [1.29, 1.82) is 0 Å². The highest BCUT2D eigenvalue weighted by molar-refractivity contribution is 6.36. The van der Waals surface area contributed by atoms with Crippen molar-refractivity contribution in [1.82, 2.24) is 9.55 Å². The number of nitrogen functional groups attached to an aromatic ring is 1. The van der Waals surface area contributed by atoms with Crippen LogP contribution in [0.5, 0.6) is 0 Å². The minimum absolute atomic E-state index is 0.0188. The van der Waals surface area contributed by atoms with Crippen LogP contribution >= 0.6 is 23.2 Å². The Labute approximate surface area is 173 Å². The van der Waals surface area contributed by atoms with Crippen molar-refractivity contribution in [3.8, 4) is 0 Å². The van der Waals surface area contributed by atoms with Gasteiger partial charge in [0.15, 0.2) is 5.69 Å². The summed E-state index contributed by atoms with van der Waals surface area (Å²) in [7, 11) is 0. The highest BCUT2D eigenvalue weighted by atomic mass is 35.5. The molecule has 1 amide bonds. The number of aromatic amines is 1. The molecule has 0 aliphatic heterocycles. The Bertz CT molecular complexity index is 948. The number of rotatable bonds is 8. The summed E-state index contributed by atoms with van der Waals surface area (Å²) >= 11 is 12.4. The summed E-state index contributed by atoms with van der Waals surface area (Å²) in [5.74, 6) is -0.396. The lowest BCUT2D eigenvalue weighted by Crippen LogP contribution is -2.42. The molecule has 3 N–H and O–H groups in total. The van der Waals surface area contributed by atoms with Crippen molar-refractivity contribution >= 4 is 40.6 Å². The summed E-state index contributed by atoms with van der Waals surface area (Å²) in [6.07, 6.45) is 2.03. The molecule has 9 heteroatoms. The number of benzene rings is 1. The van der Waals surface area contributed by atoms with Gasteiger partial charge in [0.25, 0.3) is 5.56 Å². The lowest BCUT2D eigenvalue weighted by Gasteiger charge is -2.25. The smallest absolute Gasteiger partial charge is 0.330 e. The molecule has 0 aliphatic carbocycles. The second-order valence-corrected chi connectivity index (χ2v) is 7.24. The number of anilines is 2.